The third-order valence-corrected chi connectivity index (χ3v) is 5.60. The molecule has 1 saturated heterocycles. The van der Waals surface area contributed by atoms with Crippen LogP contribution in [0.1, 0.15) is 18.4 Å². The minimum absolute atomic E-state index is 0.181. The number of ether oxygens (including phenoxy) is 2. The molecule has 0 spiro atoms. The fourth-order valence-electron chi connectivity index (χ4n) is 3.75. The number of methoxy groups -OCH3 is 1. The summed E-state index contributed by atoms with van der Waals surface area (Å²) < 4.78 is 10.3. The molecular weight excluding hydrogens is 408 g/mol. The van der Waals surface area contributed by atoms with Crippen LogP contribution in [0.3, 0.4) is 0 Å². The van der Waals surface area contributed by atoms with Crippen LogP contribution in [0.5, 0.6) is 5.75 Å². The van der Waals surface area contributed by atoms with E-state index in [0.717, 1.165) is 48.1 Å². The molecule has 4 rings (SSSR count). The Balaban J connectivity index is 0.000000668. The number of hydrogen-bond acceptors (Lipinski definition) is 8. The van der Waals surface area contributed by atoms with Gasteiger partial charge in [0.15, 0.2) is 0 Å². The number of anilines is 1. The van der Waals surface area contributed by atoms with E-state index in [0.29, 0.717) is 29.7 Å². The standard InChI is InChI=1S/C21H26N6O.C2H6O2/c1-23-21-16(11-22)20(28-13-14-6-8-27(2)9-7-14)10-19(25-21)15-4-3-5-18-17(15)12-24-26-18;1-4-2-3/h3-5,10-12,14,22H,6-9,13H2,1-2H3,(H,23,25)(H,24,26);3H,2H2,1H3. The van der Waals surface area contributed by atoms with E-state index in [1.165, 1.54) is 13.3 Å². The molecule has 0 saturated carbocycles. The lowest BCUT2D eigenvalue weighted by atomic mass is 9.98. The lowest BCUT2D eigenvalue weighted by Gasteiger charge is -2.29. The number of likely N-dealkylation sites (tertiary alicyclic amines) is 1. The zero-order valence-corrected chi connectivity index (χ0v) is 18.9. The molecule has 0 atom stereocenters. The molecule has 9 nitrogen and oxygen atoms in total. The first-order valence-corrected chi connectivity index (χ1v) is 10.7. The van der Waals surface area contributed by atoms with Crippen molar-refractivity contribution < 1.29 is 14.6 Å². The zero-order valence-electron chi connectivity index (χ0n) is 18.9. The lowest BCUT2D eigenvalue weighted by Crippen LogP contribution is -2.32. The number of fused-ring (bicyclic) bond motifs is 1. The molecule has 0 radical (unpaired) electrons. The predicted molar refractivity (Wildman–Crippen MR) is 127 cm³/mol. The molecule has 1 aliphatic rings. The van der Waals surface area contributed by atoms with E-state index in [1.54, 1.807) is 0 Å². The number of nitrogens with one attached hydrogen (secondary N) is 3. The number of aromatic nitrogens is 3. The largest absolute Gasteiger partial charge is 0.492 e. The monoisotopic (exact) mass is 440 g/mol. The van der Waals surface area contributed by atoms with Gasteiger partial charge in [0.25, 0.3) is 0 Å². The van der Waals surface area contributed by atoms with Gasteiger partial charge in [-0.05, 0) is 45.0 Å². The van der Waals surface area contributed by atoms with Crippen molar-refractivity contribution >= 4 is 22.9 Å². The third-order valence-electron chi connectivity index (χ3n) is 5.60. The van der Waals surface area contributed by atoms with Crippen LogP contribution in [0, 0.1) is 11.3 Å². The van der Waals surface area contributed by atoms with Gasteiger partial charge in [-0.2, -0.15) is 5.10 Å². The molecule has 0 bridgehead atoms. The van der Waals surface area contributed by atoms with E-state index >= 15 is 0 Å². The second kappa shape index (κ2) is 11.6. The molecule has 1 aromatic carbocycles. The van der Waals surface area contributed by atoms with Crippen molar-refractivity contribution in [3.8, 4) is 17.0 Å². The van der Waals surface area contributed by atoms with Crippen molar-refractivity contribution in [1.29, 1.82) is 5.41 Å². The van der Waals surface area contributed by atoms with Crippen molar-refractivity contribution in [2.24, 2.45) is 5.92 Å². The summed E-state index contributed by atoms with van der Waals surface area (Å²) >= 11 is 0. The lowest BCUT2D eigenvalue weighted by molar-refractivity contribution is 0.0325. The molecule has 0 aliphatic carbocycles. The van der Waals surface area contributed by atoms with E-state index in [1.807, 2.05) is 37.5 Å². The molecule has 9 heteroatoms. The van der Waals surface area contributed by atoms with Gasteiger partial charge >= 0.3 is 0 Å². The predicted octanol–water partition coefficient (Wildman–Crippen LogP) is 2.97. The Hall–Kier alpha value is -3.01. The van der Waals surface area contributed by atoms with Gasteiger partial charge in [0, 0.05) is 37.4 Å². The molecule has 4 N–H and O–H groups in total. The minimum atomic E-state index is -0.181. The molecule has 172 valence electrons. The van der Waals surface area contributed by atoms with Crippen LogP contribution in [-0.2, 0) is 4.74 Å². The highest BCUT2D eigenvalue weighted by Gasteiger charge is 2.19. The van der Waals surface area contributed by atoms with Crippen molar-refractivity contribution in [2.45, 2.75) is 12.8 Å². The van der Waals surface area contributed by atoms with Crippen LogP contribution in [-0.4, -0.2) is 79.1 Å². The summed E-state index contributed by atoms with van der Waals surface area (Å²) in [6, 6.07) is 7.96. The highest BCUT2D eigenvalue weighted by Crippen LogP contribution is 2.33. The van der Waals surface area contributed by atoms with Crippen LogP contribution in [0.4, 0.5) is 5.82 Å². The van der Waals surface area contributed by atoms with Gasteiger partial charge < -0.3 is 30.2 Å². The van der Waals surface area contributed by atoms with E-state index < -0.39 is 0 Å². The Labute approximate surface area is 188 Å². The molecule has 32 heavy (non-hydrogen) atoms. The Morgan fingerprint density at radius 1 is 1.34 bits per heavy atom. The number of pyridine rings is 1. The van der Waals surface area contributed by atoms with E-state index in [2.05, 4.69) is 32.2 Å². The van der Waals surface area contributed by atoms with Crippen LogP contribution in [0.2, 0.25) is 0 Å². The van der Waals surface area contributed by atoms with Gasteiger partial charge in [-0.1, -0.05) is 12.1 Å². The summed E-state index contributed by atoms with van der Waals surface area (Å²) in [7, 11) is 5.41. The highest BCUT2D eigenvalue weighted by molar-refractivity contribution is 5.95. The van der Waals surface area contributed by atoms with Gasteiger partial charge in [-0.15, -0.1) is 0 Å². The zero-order chi connectivity index (χ0) is 22.9. The number of piperidine rings is 1. The summed E-state index contributed by atoms with van der Waals surface area (Å²) in [6.45, 7) is 2.70. The van der Waals surface area contributed by atoms with E-state index in [-0.39, 0.29) is 6.79 Å². The smallest absolute Gasteiger partial charge is 0.143 e. The number of hydrogen-bond donors (Lipinski definition) is 4. The molecule has 0 unspecified atom stereocenters. The van der Waals surface area contributed by atoms with Crippen LogP contribution in [0.25, 0.3) is 22.2 Å². The maximum absolute atomic E-state index is 7.85. The second-order valence-electron chi connectivity index (χ2n) is 7.77. The summed E-state index contributed by atoms with van der Waals surface area (Å²) in [5.41, 5.74) is 3.44. The molecule has 0 amide bonds. The number of benzene rings is 1. The van der Waals surface area contributed by atoms with E-state index in [9.17, 15) is 0 Å². The minimum Gasteiger partial charge on any atom is -0.492 e. The molecule has 1 aliphatic heterocycles. The Kier molecular flexibility index (Phi) is 8.55. The van der Waals surface area contributed by atoms with Crippen LogP contribution < -0.4 is 10.1 Å². The van der Waals surface area contributed by atoms with Gasteiger partial charge in [0.1, 0.15) is 18.4 Å². The summed E-state index contributed by atoms with van der Waals surface area (Å²) in [5, 5.41) is 26.8. The molecular formula is C23H32N6O3. The Morgan fingerprint density at radius 2 is 2.09 bits per heavy atom. The number of aliphatic hydroxyl groups is 1. The molecule has 3 aromatic rings. The quantitative estimate of drug-likeness (QED) is 0.329. The number of H-pyrrole nitrogens is 1. The van der Waals surface area contributed by atoms with Crippen molar-refractivity contribution in [3.63, 3.8) is 0 Å². The normalized spacial score (nSPS) is 14.6. The van der Waals surface area contributed by atoms with Crippen LogP contribution in [0.15, 0.2) is 30.5 Å². The van der Waals surface area contributed by atoms with E-state index in [4.69, 9.17) is 20.2 Å². The SMILES string of the molecule is CNc1nc(-c2cccc3[nH]ncc23)cc(OCC2CCN(C)CC2)c1C=N.COCO. The second-order valence-corrected chi connectivity index (χ2v) is 7.77. The average Bonchev–Trinajstić information content (AvgIpc) is 3.32. The number of aromatic amines is 1. The maximum Gasteiger partial charge on any atom is 0.143 e. The summed E-state index contributed by atoms with van der Waals surface area (Å²) in [4.78, 5) is 7.09. The Morgan fingerprint density at radius 3 is 2.75 bits per heavy atom. The molecule has 2 aromatic heterocycles. The maximum atomic E-state index is 7.85. The first kappa shape index (κ1) is 23.6. The van der Waals surface area contributed by atoms with Gasteiger partial charge in [0.05, 0.1) is 29.6 Å². The van der Waals surface area contributed by atoms with Crippen molar-refractivity contribution in [1.82, 2.24) is 20.1 Å². The fourth-order valence-corrected chi connectivity index (χ4v) is 3.75. The van der Waals surface area contributed by atoms with Crippen molar-refractivity contribution in [2.75, 3.05) is 53.0 Å². The fraction of sp³-hybridized carbons (Fsp3) is 0.435. The first-order valence-electron chi connectivity index (χ1n) is 10.7. The summed E-state index contributed by atoms with van der Waals surface area (Å²) in [5.74, 6) is 1.89. The molecule has 1 fully saturated rings. The van der Waals surface area contributed by atoms with Gasteiger partial charge in [-0.3, -0.25) is 5.10 Å². The first-order chi connectivity index (χ1) is 15.6. The molecule has 3 heterocycles. The topological polar surface area (TPSA) is 119 Å². The number of aliphatic hydroxyl groups excluding tert-OH is 1. The third kappa shape index (κ3) is 5.61. The van der Waals surface area contributed by atoms with Gasteiger partial charge in [-0.25, -0.2) is 4.98 Å². The summed E-state index contributed by atoms with van der Waals surface area (Å²) in [6.07, 6.45) is 5.41. The number of nitrogens with zero attached hydrogens (tertiary/aromatic N) is 3. The van der Waals surface area contributed by atoms with Crippen LogP contribution >= 0.6 is 0 Å². The Bertz CT molecular complexity index is 1010. The van der Waals surface area contributed by atoms with Gasteiger partial charge in [0.2, 0.25) is 0 Å². The highest BCUT2D eigenvalue weighted by atomic mass is 16.6. The van der Waals surface area contributed by atoms with Crippen molar-refractivity contribution in [3.05, 3.63) is 36.0 Å². The number of rotatable bonds is 7. The average molecular weight is 441 g/mol.